The molecule has 2 rings (SSSR count). The number of aromatic nitrogens is 3. The zero-order chi connectivity index (χ0) is 11.2. The number of anilines is 1. The molecule has 1 N–H and O–H groups in total. The van der Waals surface area contributed by atoms with Crippen LogP contribution in [-0.4, -0.2) is 20.9 Å². The summed E-state index contributed by atoms with van der Waals surface area (Å²) in [6.07, 6.45) is 5.52. The normalized spacial score (nSPS) is 10.3. The Morgan fingerprint density at radius 2 is 2.38 bits per heavy atom. The Morgan fingerprint density at radius 3 is 3.06 bits per heavy atom. The molecule has 16 heavy (non-hydrogen) atoms. The van der Waals surface area contributed by atoms with Crippen LogP contribution in [0.3, 0.4) is 0 Å². The average Bonchev–Trinajstić information content (AvgIpc) is 2.78. The summed E-state index contributed by atoms with van der Waals surface area (Å²) in [5, 5.41) is 4.17. The Bertz CT molecular complexity index is 427. The van der Waals surface area contributed by atoms with Crippen LogP contribution in [0.25, 0.3) is 0 Å². The molecule has 0 fully saturated rings. The Balaban J connectivity index is 1.80. The molecule has 0 saturated heterocycles. The van der Waals surface area contributed by atoms with Gasteiger partial charge in [0.25, 0.3) is 0 Å². The maximum absolute atomic E-state index is 4.34. The fourth-order valence-electron chi connectivity index (χ4n) is 1.33. The minimum Gasteiger partial charge on any atom is -0.360 e. The van der Waals surface area contributed by atoms with Gasteiger partial charge >= 0.3 is 0 Å². The maximum atomic E-state index is 4.34. The first-order valence-corrected chi connectivity index (χ1v) is 6.11. The Hall–Kier alpha value is -1.49. The lowest BCUT2D eigenvalue weighted by atomic mass is 10.2. The van der Waals surface area contributed by atoms with Crippen LogP contribution >= 0.6 is 11.5 Å². The Kier molecular flexibility index (Phi) is 3.82. The van der Waals surface area contributed by atoms with Crippen LogP contribution in [0, 0.1) is 0 Å². The van der Waals surface area contributed by atoms with Crippen molar-refractivity contribution in [1.29, 1.82) is 0 Å². The Morgan fingerprint density at radius 1 is 1.44 bits per heavy atom. The summed E-state index contributed by atoms with van der Waals surface area (Å²) in [5.41, 5.74) is 1.23. The van der Waals surface area contributed by atoms with E-state index < -0.39 is 0 Å². The number of nitrogens with one attached hydrogen (secondary N) is 1. The van der Waals surface area contributed by atoms with Crippen LogP contribution in [0.4, 0.5) is 5.13 Å². The van der Waals surface area contributed by atoms with Gasteiger partial charge in [-0.05, 0) is 18.1 Å². The molecule has 2 aromatic heterocycles. The molecule has 0 aliphatic rings. The van der Waals surface area contributed by atoms with Gasteiger partial charge in [-0.3, -0.25) is 4.98 Å². The summed E-state index contributed by atoms with van der Waals surface area (Å²) in [7, 11) is 0. The molecule has 4 nitrogen and oxygen atoms in total. The molecule has 0 amide bonds. The minimum absolute atomic E-state index is 0.865. The highest BCUT2D eigenvalue weighted by molar-refractivity contribution is 7.09. The smallest absolute Gasteiger partial charge is 0.202 e. The van der Waals surface area contributed by atoms with Crippen molar-refractivity contribution in [3.05, 3.63) is 35.9 Å². The predicted octanol–water partition coefficient (Wildman–Crippen LogP) is 2.15. The van der Waals surface area contributed by atoms with Gasteiger partial charge in [0.15, 0.2) is 0 Å². The highest BCUT2D eigenvalue weighted by atomic mass is 32.1. The first-order chi connectivity index (χ1) is 7.88. The zero-order valence-electron chi connectivity index (χ0n) is 9.18. The molecule has 0 bridgehead atoms. The van der Waals surface area contributed by atoms with Crippen molar-refractivity contribution in [3.8, 4) is 0 Å². The number of hydrogen-bond donors (Lipinski definition) is 1. The van der Waals surface area contributed by atoms with Crippen LogP contribution in [0.5, 0.6) is 0 Å². The third-order valence-corrected chi connectivity index (χ3v) is 2.91. The van der Waals surface area contributed by atoms with Gasteiger partial charge in [-0.1, -0.05) is 13.0 Å². The van der Waals surface area contributed by atoms with E-state index in [2.05, 4.69) is 32.6 Å². The second-order valence-electron chi connectivity index (χ2n) is 3.41. The van der Waals surface area contributed by atoms with Gasteiger partial charge in [-0.25, -0.2) is 4.98 Å². The molecule has 0 aliphatic heterocycles. The summed E-state index contributed by atoms with van der Waals surface area (Å²) in [6.45, 7) is 2.92. The molecular weight excluding hydrogens is 220 g/mol. The van der Waals surface area contributed by atoms with Gasteiger partial charge in [0.1, 0.15) is 5.82 Å². The van der Waals surface area contributed by atoms with Gasteiger partial charge in [0, 0.05) is 36.9 Å². The van der Waals surface area contributed by atoms with Gasteiger partial charge < -0.3 is 5.32 Å². The first-order valence-electron chi connectivity index (χ1n) is 5.34. The predicted molar refractivity (Wildman–Crippen MR) is 65.7 cm³/mol. The molecule has 84 valence electrons. The standard InChI is InChI=1S/C11H14N4S/c1-2-10-14-11(16-15-10)13-7-5-9-4-3-6-12-8-9/h3-4,6,8H,2,5,7H2,1H3,(H,13,14,15). The lowest BCUT2D eigenvalue weighted by Crippen LogP contribution is -2.04. The second kappa shape index (κ2) is 5.55. The molecule has 0 aliphatic carbocycles. The molecule has 2 heterocycles. The van der Waals surface area contributed by atoms with E-state index in [0.717, 1.165) is 30.3 Å². The van der Waals surface area contributed by atoms with E-state index in [-0.39, 0.29) is 0 Å². The molecule has 5 heteroatoms. The van der Waals surface area contributed by atoms with E-state index in [0.29, 0.717) is 0 Å². The molecule has 2 aromatic rings. The van der Waals surface area contributed by atoms with Crippen molar-refractivity contribution in [2.75, 3.05) is 11.9 Å². The number of hydrogen-bond acceptors (Lipinski definition) is 5. The fourth-order valence-corrected chi connectivity index (χ4v) is 2.00. The monoisotopic (exact) mass is 234 g/mol. The van der Waals surface area contributed by atoms with Gasteiger partial charge in [-0.15, -0.1) is 0 Å². The topological polar surface area (TPSA) is 50.7 Å². The summed E-state index contributed by atoms with van der Waals surface area (Å²) in [5.74, 6) is 0.911. The van der Waals surface area contributed by atoms with E-state index in [1.54, 1.807) is 6.20 Å². The average molecular weight is 234 g/mol. The second-order valence-corrected chi connectivity index (χ2v) is 4.16. The van der Waals surface area contributed by atoms with E-state index in [4.69, 9.17) is 0 Å². The summed E-state index contributed by atoms with van der Waals surface area (Å²) >= 11 is 1.42. The van der Waals surface area contributed by atoms with E-state index in [1.807, 2.05) is 12.3 Å². The number of aryl methyl sites for hydroxylation is 1. The van der Waals surface area contributed by atoms with Crippen molar-refractivity contribution in [1.82, 2.24) is 14.3 Å². The largest absolute Gasteiger partial charge is 0.360 e. The van der Waals surface area contributed by atoms with Crippen molar-refractivity contribution < 1.29 is 0 Å². The summed E-state index contributed by atoms with van der Waals surface area (Å²) < 4.78 is 4.22. The highest BCUT2D eigenvalue weighted by Gasteiger charge is 2.00. The fraction of sp³-hybridized carbons (Fsp3) is 0.364. The molecule has 0 atom stereocenters. The molecular formula is C11H14N4S. The van der Waals surface area contributed by atoms with Crippen molar-refractivity contribution in [2.24, 2.45) is 0 Å². The third kappa shape index (κ3) is 3.00. The molecule has 0 unspecified atom stereocenters. The lowest BCUT2D eigenvalue weighted by molar-refractivity contribution is 0.974. The van der Waals surface area contributed by atoms with Crippen LogP contribution in [0.1, 0.15) is 18.3 Å². The Labute approximate surface area is 98.9 Å². The van der Waals surface area contributed by atoms with Crippen molar-refractivity contribution in [2.45, 2.75) is 19.8 Å². The van der Waals surface area contributed by atoms with Crippen LogP contribution in [-0.2, 0) is 12.8 Å². The summed E-state index contributed by atoms with van der Waals surface area (Å²) in [4.78, 5) is 8.42. The quantitative estimate of drug-likeness (QED) is 0.861. The van der Waals surface area contributed by atoms with E-state index >= 15 is 0 Å². The van der Waals surface area contributed by atoms with Gasteiger partial charge in [0.2, 0.25) is 5.13 Å². The minimum atomic E-state index is 0.865. The van der Waals surface area contributed by atoms with Gasteiger partial charge in [-0.2, -0.15) is 4.37 Å². The van der Waals surface area contributed by atoms with Crippen LogP contribution in [0.2, 0.25) is 0 Å². The number of rotatable bonds is 5. The van der Waals surface area contributed by atoms with Crippen LogP contribution < -0.4 is 5.32 Å². The molecule has 0 radical (unpaired) electrons. The van der Waals surface area contributed by atoms with Gasteiger partial charge in [0.05, 0.1) is 0 Å². The van der Waals surface area contributed by atoms with Crippen molar-refractivity contribution >= 4 is 16.7 Å². The van der Waals surface area contributed by atoms with E-state index in [1.165, 1.54) is 17.1 Å². The maximum Gasteiger partial charge on any atom is 0.202 e. The van der Waals surface area contributed by atoms with E-state index in [9.17, 15) is 0 Å². The third-order valence-electron chi connectivity index (χ3n) is 2.20. The van der Waals surface area contributed by atoms with Crippen LogP contribution in [0.15, 0.2) is 24.5 Å². The molecule has 0 spiro atoms. The highest BCUT2D eigenvalue weighted by Crippen LogP contribution is 2.11. The summed E-state index contributed by atoms with van der Waals surface area (Å²) in [6, 6.07) is 4.03. The SMILES string of the molecule is CCc1nsc(NCCc2cccnc2)n1. The first kappa shape index (κ1) is 11.0. The molecule has 0 saturated carbocycles. The molecule has 0 aromatic carbocycles. The van der Waals surface area contributed by atoms with Crippen molar-refractivity contribution in [3.63, 3.8) is 0 Å². The number of nitrogens with zero attached hydrogens (tertiary/aromatic N) is 3. The number of pyridine rings is 1. The zero-order valence-corrected chi connectivity index (χ0v) is 10.00. The lowest BCUT2D eigenvalue weighted by Gasteiger charge is -2.01.